The first-order valence-corrected chi connectivity index (χ1v) is 7.58. The number of hydrogen-bond acceptors (Lipinski definition) is 3. The van der Waals surface area contributed by atoms with E-state index < -0.39 is 6.10 Å². The molecule has 118 valence electrons. The van der Waals surface area contributed by atoms with E-state index in [0.29, 0.717) is 17.2 Å². The molecule has 1 N–H and O–H groups in total. The van der Waals surface area contributed by atoms with Gasteiger partial charge in [-0.2, -0.15) is 5.26 Å². The molecule has 23 heavy (non-hydrogen) atoms. The lowest BCUT2D eigenvalue weighted by Crippen LogP contribution is -2.30. The Morgan fingerprint density at radius 2 is 1.74 bits per heavy atom. The SMILES string of the molecule is CC(Oc1ccccc1C#N)C(=O)Nc1ccc(C(C)C)cc1. The Labute approximate surface area is 136 Å². The molecule has 1 unspecified atom stereocenters. The fourth-order valence-electron chi connectivity index (χ4n) is 2.10. The van der Waals surface area contributed by atoms with Crippen molar-refractivity contribution in [3.63, 3.8) is 0 Å². The molecule has 0 aliphatic heterocycles. The van der Waals surface area contributed by atoms with E-state index in [9.17, 15) is 4.79 Å². The first-order chi connectivity index (χ1) is 11.0. The highest BCUT2D eigenvalue weighted by atomic mass is 16.5. The van der Waals surface area contributed by atoms with E-state index in [4.69, 9.17) is 10.00 Å². The summed E-state index contributed by atoms with van der Waals surface area (Å²) in [5.41, 5.74) is 2.35. The Morgan fingerprint density at radius 3 is 2.35 bits per heavy atom. The molecule has 0 aliphatic rings. The number of amides is 1. The summed E-state index contributed by atoms with van der Waals surface area (Å²) in [6.45, 7) is 5.90. The fourth-order valence-corrected chi connectivity index (χ4v) is 2.10. The number of anilines is 1. The minimum absolute atomic E-state index is 0.255. The number of carbonyl (C=O) groups is 1. The zero-order valence-electron chi connectivity index (χ0n) is 13.5. The van der Waals surface area contributed by atoms with Crippen LogP contribution in [-0.2, 0) is 4.79 Å². The number of para-hydroxylation sites is 1. The maximum absolute atomic E-state index is 12.2. The molecular weight excluding hydrogens is 288 g/mol. The molecule has 0 saturated heterocycles. The van der Waals surface area contributed by atoms with Crippen molar-refractivity contribution in [2.45, 2.75) is 32.8 Å². The Bertz CT molecular complexity index is 715. The number of rotatable bonds is 5. The summed E-state index contributed by atoms with van der Waals surface area (Å²) in [5, 5.41) is 11.9. The zero-order valence-corrected chi connectivity index (χ0v) is 13.5. The topological polar surface area (TPSA) is 62.1 Å². The van der Waals surface area contributed by atoms with Gasteiger partial charge in [0.15, 0.2) is 6.10 Å². The van der Waals surface area contributed by atoms with Crippen LogP contribution in [0.3, 0.4) is 0 Å². The van der Waals surface area contributed by atoms with Gasteiger partial charge in [-0.15, -0.1) is 0 Å². The Morgan fingerprint density at radius 1 is 1.09 bits per heavy atom. The van der Waals surface area contributed by atoms with Crippen LogP contribution in [0.2, 0.25) is 0 Å². The van der Waals surface area contributed by atoms with E-state index in [1.807, 2.05) is 30.3 Å². The van der Waals surface area contributed by atoms with E-state index in [1.165, 1.54) is 5.56 Å². The predicted molar refractivity (Wildman–Crippen MR) is 90.4 cm³/mol. The highest BCUT2D eigenvalue weighted by Crippen LogP contribution is 2.20. The Balaban J connectivity index is 2.01. The summed E-state index contributed by atoms with van der Waals surface area (Å²) in [6, 6.07) is 16.7. The van der Waals surface area contributed by atoms with E-state index in [0.717, 1.165) is 5.69 Å². The summed E-state index contributed by atoms with van der Waals surface area (Å²) in [5.74, 6) is 0.604. The van der Waals surface area contributed by atoms with Gasteiger partial charge in [0, 0.05) is 5.69 Å². The molecule has 0 aliphatic carbocycles. The molecular formula is C19H20N2O2. The lowest BCUT2D eigenvalue weighted by atomic mass is 10.0. The number of nitriles is 1. The van der Waals surface area contributed by atoms with Crippen molar-refractivity contribution in [1.82, 2.24) is 0 Å². The summed E-state index contributed by atoms with van der Waals surface area (Å²) in [6.07, 6.45) is -0.700. The minimum Gasteiger partial charge on any atom is -0.480 e. The molecule has 0 fully saturated rings. The number of carbonyl (C=O) groups excluding carboxylic acids is 1. The van der Waals surface area contributed by atoms with Crippen molar-refractivity contribution in [2.24, 2.45) is 0 Å². The number of nitrogens with one attached hydrogen (secondary N) is 1. The van der Waals surface area contributed by atoms with Crippen LogP contribution in [-0.4, -0.2) is 12.0 Å². The van der Waals surface area contributed by atoms with Gasteiger partial charge in [0.25, 0.3) is 5.91 Å². The minimum atomic E-state index is -0.700. The second-order valence-electron chi connectivity index (χ2n) is 5.63. The van der Waals surface area contributed by atoms with E-state index in [-0.39, 0.29) is 5.91 Å². The van der Waals surface area contributed by atoms with Gasteiger partial charge in [0.2, 0.25) is 0 Å². The van der Waals surface area contributed by atoms with Gasteiger partial charge in [-0.1, -0.05) is 38.1 Å². The van der Waals surface area contributed by atoms with Crippen LogP contribution < -0.4 is 10.1 Å². The molecule has 2 aromatic carbocycles. The van der Waals surface area contributed by atoms with Gasteiger partial charge in [0.05, 0.1) is 5.56 Å². The third-order valence-electron chi connectivity index (χ3n) is 3.53. The maximum atomic E-state index is 12.2. The van der Waals surface area contributed by atoms with Crippen LogP contribution in [0.5, 0.6) is 5.75 Å². The van der Waals surface area contributed by atoms with Crippen LogP contribution in [0.25, 0.3) is 0 Å². The lowest BCUT2D eigenvalue weighted by molar-refractivity contribution is -0.122. The quantitative estimate of drug-likeness (QED) is 0.905. The molecule has 1 amide bonds. The second-order valence-corrected chi connectivity index (χ2v) is 5.63. The van der Waals surface area contributed by atoms with E-state index in [2.05, 4.69) is 19.2 Å². The Kier molecular flexibility index (Phi) is 5.37. The van der Waals surface area contributed by atoms with E-state index in [1.54, 1.807) is 31.2 Å². The second kappa shape index (κ2) is 7.46. The third kappa shape index (κ3) is 4.33. The molecule has 0 bridgehead atoms. The van der Waals surface area contributed by atoms with Crippen LogP contribution in [0.15, 0.2) is 48.5 Å². The van der Waals surface area contributed by atoms with Gasteiger partial charge in [-0.3, -0.25) is 4.79 Å². The molecule has 2 rings (SSSR count). The molecule has 2 aromatic rings. The molecule has 0 saturated carbocycles. The number of nitrogens with zero attached hydrogens (tertiary/aromatic N) is 1. The molecule has 1 atom stereocenters. The number of hydrogen-bond donors (Lipinski definition) is 1. The predicted octanol–water partition coefficient (Wildman–Crippen LogP) is 4.09. The molecule has 0 radical (unpaired) electrons. The Hall–Kier alpha value is -2.80. The summed E-state index contributed by atoms with van der Waals surface area (Å²) >= 11 is 0. The maximum Gasteiger partial charge on any atom is 0.265 e. The standard InChI is InChI=1S/C19H20N2O2/c1-13(2)15-8-10-17(11-9-15)21-19(22)14(3)23-18-7-5-4-6-16(18)12-20/h4-11,13-14H,1-3H3,(H,21,22). The van der Waals surface area contributed by atoms with Crippen molar-refractivity contribution in [1.29, 1.82) is 5.26 Å². The molecule has 0 heterocycles. The van der Waals surface area contributed by atoms with E-state index >= 15 is 0 Å². The lowest BCUT2D eigenvalue weighted by Gasteiger charge is -2.16. The first-order valence-electron chi connectivity index (χ1n) is 7.58. The van der Waals surface area contributed by atoms with Gasteiger partial charge in [0.1, 0.15) is 11.8 Å². The largest absolute Gasteiger partial charge is 0.480 e. The monoisotopic (exact) mass is 308 g/mol. The van der Waals surface area contributed by atoms with Crippen molar-refractivity contribution >= 4 is 11.6 Å². The highest BCUT2D eigenvalue weighted by molar-refractivity contribution is 5.94. The van der Waals surface area contributed by atoms with Crippen molar-refractivity contribution in [3.8, 4) is 11.8 Å². The summed E-state index contributed by atoms with van der Waals surface area (Å²) in [7, 11) is 0. The van der Waals surface area contributed by atoms with Crippen LogP contribution >= 0.6 is 0 Å². The van der Waals surface area contributed by atoms with Crippen LogP contribution in [0.1, 0.15) is 37.8 Å². The fraction of sp³-hybridized carbons (Fsp3) is 0.263. The van der Waals surface area contributed by atoms with Crippen molar-refractivity contribution in [2.75, 3.05) is 5.32 Å². The van der Waals surface area contributed by atoms with Gasteiger partial charge >= 0.3 is 0 Å². The molecule has 0 spiro atoms. The highest BCUT2D eigenvalue weighted by Gasteiger charge is 2.16. The number of ether oxygens (including phenoxy) is 1. The van der Waals surface area contributed by atoms with Gasteiger partial charge in [-0.25, -0.2) is 0 Å². The first kappa shape index (κ1) is 16.6. The van der Waals surface area contributed by atoms with Gasteiger partial charge in [-0.05, 0) is 42.7 Å². The molecule has 0 aromatic heterocycles. The van der Waals surface area contributed by atoms with Crippen molar-refractivity contribution in [3.05, 3.63) is 59.7 Å². The third-order valence-corrected chi connectivity index (χ3v) is 3.53. The normalized spacial score (nSPS) is 11.6. The zero-order chi connectivity index (χ0) is 16.8. The number of benzene rings is 2. The molecule has 4 heteroatoms. The van der Waals surface area contributed by atoms with Crippen LogP contribution in [0, 0.1) is 11.3 Å². The van der Waals surface area contributed by atoms with Crippen molar-refractivity contribution < 1.29 is 9.53 Å². The average molecular weight is 308 g/mol. The molecule has 4 nitrogen and oxygen atoms in total. The smallest absolute Gasteiger partial charge is 0.265 e. The summed E-state index contributed by atoms with van der Waals surface area (Å²) in [4.78, 5) is 12.2. The summed E-state index contributed by atoms with van der Waals surface area (Å²) < 4.78 is 5.60. The van der Waals surface area contributed by atoms with Crippen LogP contribution in [0.4, 0.5) is 5.69 Å². The average Bonchev–Trinajstić information content (AvgIpc) is 2.55. The van der Waals surface area contributed by atoms with Gasteiger partial charge < -0.3 is 10.1 Å².